The molecule has 3 N–H and O–H groups in total. The van der Waals surface area contributed by atoms with Crippen LogP contribution in [0.25, 0.3) is 0 Å². The molecule has 4 rings (SSSR count). The first-order valence-corrected chi connectivity index (χ1v) is 12.2. The standard InChI is InChI=1S/C24H34ClN7O3/c1-24(35-22(26)33)6-8-31(9-7-24)16-20-18(25)15-27-23(29-20)28-19-5-4-17(14-21(19)34-3)32-12-10-30(2)11-13-32/h4-5,14-15H,6-13,16H2,1-3H3,(H2,26,33)(H,27,28,29). The Morgan fingerprint density at radius 1 is 1.20 bits per heavy atom. The number of nitrogens with zero attached hydrogens (tertiary/aromatic N) is 5. The van der Waals surface area contributed by atoms with E-state index >= 15 is 0 Å². The van der Waals surface area contributed by atoms with Gasteiger partial charge in [0.2, 0.25) is 5.95 Å². The SMILES string of the molecule is COc1cc(N2CCN(C)CC2)ccc1Nc1ncc(Cl)c(CN2CCC(C)(OC(N)=O)CC2)n1. The van der Waals surface area contributed by atoms with E-state index < -0.39 is 11.7 Å². The van der Waals surface area contributed by atoms with Crippen LogP contribution in [0.3, 0.4) is 0 Å². The minimum absolute atomic E-state index is 0.453. The molecule has 2 aliphatic heterocycles. The van der Waals surface area contributed by atoms with Crippen LogP contribution in [0.5, 0.6) is 5.75 Å². The molecule has 11 heteroatoms. The molecule has 0 spiro atoms. The zero-order chi connectivity index (χ0) is 25.0. The lowest BCUT2D eigenvalue weighted by atomic mass is 9.93. The van der Waals surface area contributed by atoms with E-state index in [1.54, 1.807) is 13.3 Å². The molecular weight excluding hydrogens is 470 g/mol. The van der Waals surface area contributed by atoms with Crippen molar-refractivity contribution in [3.63, 3.8) is 0 Å². The molecule has 2 saturated heterocycles. The minimum Gasteiger partial charge on any atom is -0.494 e. The number of hydrogen-bond donors (Lipinski definition) is 2. The number of piperazine rings is 1. The van der Waals surface area contributed by atoms with Crippen molar-refractivity contribution in [1.82, 2.24) is 19.8 Å². The molecule has 2 fully saturated rings. The number of likely N-dealkylation sites (N-methyl/N-ethyl adjacent to an activating group) is 1. The van der Waals surface area contributed by atoms with Gasteiger partial charge in [0.05, 0.1) is 29.7 Å². The van der Waals surface area contributed by atoms with E-state index in [1.165, 1.54) is 0 Å². The average Bonchev–Trinajstić information content (AvgIpc) is 2.83. The van der Waals surface area contributed by atoms with E-state index in [4.69, 9.17) is 26.8 Å². The van der Waals surface area contributed by atoms with E-state index in [0.29, 0.717) is 30.4 Å². The van der Waals surface area contributed by atoms with Gasteiger partial charge in [0, 0.05) is 57.6 Å². The van der Waals surface area contributed by atoms with Crippen molar-refractivity contribution >= 4 is 35.0 Å². The topological polar surface area (TPSA) is 109 Å². The number of rotatable bonds is 7. The normalized spacial score (nSPS) is 18.8. The number of halogens is 1. The summed E-state index contributed by atoms with van der Waals surface area (Å²) in [4.78, 5) is 27.1. The number of anilines is 3. The number of hydrogen-bond acceptors (Lipinski definition) is 9. The van der Waals surface area contributed by atoms with Crippen molar-refractivity contribution in [2.45, 2.75) is 31.9 Å². The Labute approximate surface area is 211 Å². The molecule has 3 heterocycles. The van der Waals surface area contributed by atoms with Gasteiger partial charge in [0.25, 0.3) is 0 Å². The monoisotopic (exact) mass is 503 g/mol. The third kappa shape index (κ3) is 6.45. The summed E-state index contributed by atoms with van der Waals surface area (Å²) in [5, 5.41) is 3.79. The van der Waals surface area contributed by atoms with Crippen molar-refractivity contribution in [2.24, 2.45) is 5.73 Å². The Kier molecular flexibility index (Phi) is 7.83. The number of primary amides is 1. The van der Waals surface area contributed by atoms with E-state index in [1.807, 2.05) is 19.1 Å². The van der Waals surface area contributed by atoms with Gasteiger partial charge in [-0.1, -0.05) is 11.6 Å². The van der Waals surface area contributed by atoms with Gasteiger partial charge in [-0.05, 0) is 38.9 Å². The number of nitrogens with two attached hydrogens (primary N) is 1. The first-order valence-electron chi connectivity index (χ1n) is 11.9. The Balaban J connectivity index is 1.42. The molecule has 1 aromatic carbocycles. The van der Waals surface area contributed by atoms with Crippen molar-refractivity contribution in [1.29, 1.82) is 0 Å². The fourth-order valence-electron chi connectivity index (χ4n) is 4.48. The maximum Gasteiger partial charge on any atom is 0.405 e. The summed E-state index contributed by atoms with van der Waals surface area (Å²) < 4.78 is 11.0. The van der Waals surface area contributed by atoms with Gasteiger partial charge >= 0.3 is 6.09 Å². The van der Waals surface area contributed by atoms with Gasteiger partial charge in [-0.3, -0.25) is 4.90 Å². The summed E-state index contributed by atoms with van der Waals surface area (Å²) in [5.41, 5.74) is 7.33. The third-order valence-corrected chi connectivity index (χ3v) is 7.07. The summed E-state index contributed by atoms with van der Waals surface area (Å²) >= 11 is 6.42. The first kappa shape index (κ1) is 25.3. The van der Waals surface area contributed by atoms with Crippen LogP contribution in [-0.2, 0) is 11.3 Å². The molecular formula is C24H34ClN7O3. The maximum atomic E-state index is 11.2. The Hall–Kier alpha value is -2.82. The number of aromatic nitrogens is 2. The average molecular weight is 504 g/mol. The second-order valence-electron chi connectivity index (χ2n) is 9.44. The highest BCUT2D eigenvalue weighted by Crippen LogP contribution is 2.32. The lowest BCUT2D eigenvalue weighted by molar-refractivity contribution is -0.0200. The van der Waals surface area contributed by atoms with E-state index in [-0.39, 0.29) is 0 Å². The van der Waals surface area contributed by atoms with Gasteiger partial charge in [-0.2, -0.15) is 0 Å². The highest BCUT2D eigenvalue weighted by atomic mass is 35.5. The molecule has 0 atom stereocenters. The fourth-order valence-corrected chi connectivity index (χ4v) is 4.63. The predicted octanol–water partition coefficient (Wildman–Crippen LogP) is 3.08. The smallest absolute Gasteiger partial charge is 0.405 e. The van der Waals surface area contributed by atoms with Crippen LogP contribution >= 0.6 is 11.6 Å². The summed E-state index contributed by atoms with van der Waals surface area (Å²) in [6.07, 6.45) is 2.27. The van der Waals surface area contributed by atoms with Gasteiger partial charge in [-0.15, -0.1) is 0 Å². The molecule has 0 unspecified atom stereocenters. The summed E-state index contributed by atoms with van der Waals surface area (Å²) in [6, 6.07) is 6.13. The van der Waals surface area contributed by atoms with Crippen molar-refractivity contribution < 1.29 is 14.3 Å². The largest absolute Gasteiger partial charge is 0.494 e. The molecule has 10 nitrogen and oxygen atoms in total. The number of piperidine rings is 1. The molecule has 0 saturated carbocycles. The Morgan fingerprint density at radius 2 is 1.91 bits per heavy atom. The predicted molar refractivity (Wildman–Crippen MR) is 137 cm³/mol. The number of likely N-dealkylation sites (tertiary alicyclic amines) is 1. The van der Waals surface area contributed by atoms with Crippen LogP contribution in [-0.4, -0.2) is 84.9 Å². The van der Waals surface area contributed by atoms with Gasteiger partial charge < -0.3 is 30.3 Å². The van der Waals surface area contributed by atoms with Crippen molar-refractivity contribution in [3.8, 4) is 5.75 Å². The van der Waals surface area contributed by atoms with E-state index in [9.17, 15) is 4.79 Å². The Bertz CT molecular complexity index is 1040. The summed E-state index contributed by atoms with van der Waals surface area (Å²) in [6.45, 7) is 8.03. The molecule has 2 aliphatic rings. The highest BCUT2D eigenvalue weighted by Gasteiger charge is 2.33. The van der Waals surface area contributed by atoms with Crippen LogP contribution in [0, 0.1) is 0 Å². The second kappa shape index (κ2) is 10.8. The molecule has 1 aromatic heterocycles. The van der Waals surface area contributed by atoms with E-state index in [2.05, 4.69) is 43.1 Å². The Morgan fingerprint density at radius 3 is 2.57 bits per heavy atom. The van der Waals surface area contributed by atoms with Crippen molar-refractivity contribution in [3.05, 3.63) is 35.1 Å². The third-order valence-electron chi connectivity index (χ3n) is 6.75. The number of carbonyl (C=O) groups excluding carboxylic acids is 1. The number of carbonyl (C=O) groups is 1. The van der Waals surface area contributed by atoms with Crippen LogP contribution in [0.4, 0.5) is 22.1 Å². The molecule has 0 aliphatic carbocycles. The van der Waals surface area contributed by atoms with Gasteiger partial charge in [0.15, 0.2) is 0 Å². The van der Waals surface area contributed by atoms with Crippen molar-refractivity contribution in [2.75, 3.05) is 63.6 Å². The van der Waals surface area contributed by atoms with Crippen LogP contribution in [0.15, 0.2) is 24.4 Å². The quantitative estimate of drug-likeness (QED) is 0.589. The molecule has 2 aromatic rings. The lowest BCUT2D eigenvalue weighted by Gasteiger charge is -2.38. The van der Waals surface area contributed by atoms with Crippen LogP contribution in [0.1, 0.15) is 25.5 Å². The number of nitrogens with one attached hydrogen (secondary N) is 1. The summed E-state index contributed by atoms with van der Waals surface area (Å²) in [7, 11) is 3.81. The fraction of sp³-hybridized carbons (Fsp3) is 0.542. The number of ether oxygens (including phenoxy) is 2. The first-order chi connectivity index (χ1) is 16.7. The van der Waals surface area contributed by atoms with Crippen LogP contribution in [0.2, 0.25) is 5.02 Å². The van der Waals surface area contributed by atoms with E-state index in [0.717, 1.165) is 62.1 Å². The minimum atomic E-state index is -0.734. The lowest BCUT2D eigenvalue weighted by Crippen LogP contribution is -2.45. The van der Waals surface area contributed by atoms with Crippen LogP contribution < -0.4 is 20.7 Å². The molecule has 1 amide bonds. The maximum absolute atomic E-state index is 11.2. The molecule has 0 radical (unpaired) electrons. The zero-order valence-electron chi connectivity index (χ0n) is 20.6. The number of benzene rings is 1. The summed E-state index contributed by atoms with van der Waals surface area (Å²) in [5.74, 6) is 1.18. The van der Waals surface area contributed by atoms with Gasteiger partial charge in [-0.25, -0.2) is 14.8 Å². The highest BCUT2D eigenvalue weighted by molar-refractivity contribution is 6.31. The van der Waals surface area contributed by atoms with Gasteiger partial charge in [0.1, 0.15) is 11.4 Å². The zero-order valence-corrected chi connectivity index (χ0v) is 21.3. The number of methoxy groups -OCH3 is 1. The number of amides is 1. The molecule has 35 heavy (non-hydrogen) atoms. The second-order valence-corrected chi connectivity index (χ2v) is 9.84. The molecule has 190 valence electrons. The molecule has 0 bridgehead atoms.